The largest absolute Gasteiger partial charge is 0.481 e. The van der Waals surface area contributed by atoms with Crippen LogP contribution in [-0.4, -0.2) is 42.2 Å². The Balaban J connectivity index is 1.85. The molecular formula is C16H27N3O. The number of pyridine rings is 1. The first-order chi connectivity index (χ1) is 9.70. The average Bonchev–Trinajstić information content (AvgIpc) is 2.71. The van der Waals surface area contributed by atoms with Crippen LogP contribution in [0.1, 0.15) is 38.7 Å². The average molecular weight is 277 g/mol. The summed E-state index contributed by atoms with van der Waals surface area (Å²) in [6.45, 7) is 7.83. The van der Waals surface area contributed by atoms with Crippen molar-refractivity contribution < 1.29 is 4.74 Å². The van der Waals surface area contributed by atoms with Gasteiger partial charge in [-0.15, -0.1) is 0 Å². The molecule has 0 aliphatic carbocycles. The maximum Gasteiger partial charge on any atom is 0.217 e. The van der Waals surface area contributed by atoms with Crippen molar-refractivity contribution in [1.82, 2.24) is 15.2 Å². The molecule has 0 amide bonds. The summed E-state index contributed by atoms with van der Waals surface area (Å²) in [5, 5.41) is 3.67. The molecule has 1 N–H and O–H groups in total. The van der Waals surface area contributed by atoms with Gasteiger partial charge in [-0.05, 0) is 52.3 Å². The van der Waals surface area contributed by atoms with Gasteiger partial charge < -0.3 is 15.0 Å². The van der Waals surface area contributed by atoms with Crippen molar-refractivity contribution in [2.75, 3.05) is 20.2 Å². The van der Waals surface area contributed by atoms with E-state index >= 15 is 0 Å². The molecule has 1 atom stereocenters. The van der Waals surface area contributed by atoms with Gasteiger partial charge in [0.2, 0.25) is 5.88 Å². The summed E-state index contributed by atoms with van der Waals surface area (Å²) in [7, 11) is 1.68. The van der Waals surface area contributed by atoms with Gasteiger partial charge in [-0.3, -0.25) is 0 Å². The molecule has 0 aromatic carbocycles. The zero-order valence-electron chi connectivity index (χ0n) is 12.9. The van der Waals surface area contributed by atoms with E-state index < -0.39 is 0 Å². The number of aromatic nitrogens is 1. The number of rotatable bonds is 5. The Morgan fingerprint density at radius 3 is 3.00 bits per heavy atom. The molecule has 2 heterocycles. The molecular weight excluding hydrogens is 250 g/mol. The van der Waals surface area contributed by atoms with Crippen LogP contribution in [0.15, 0.2) is 18.3 Å². The van der Waals surface area contributed by atoms with Gasteiger partial charge in [-0.1, -0.05) is 6.07 Å². The summed E-state index contributed by atoms with van der Waals surface area (Å²) in [5.74, 6) is 0.734. The highest BCUT2D eigenvalue weighted by Crippen LogP contribution is 2.16. The number of ether oxygens (including phenoxy) is 1. The molecule has 1 aromatic heterocycles. The minimum absolute atomic E-state index is 0.601. The monoisotopic (exact) mass is 277 g/mol. The number of hydrogen-bond acceptors (Lipinski definition) is 4. The zero-order chi connectivity index (χ0) is 14.4. The van der Waals surface area contributed by atoms with Crippen molar-refractivity contribution in [1.29, 1.82) is 0 Å². The van der Waals surface area contributed by atoms with Gasteiger partial charge in [-0.25, -0.2) is 4.98 Å². The van der Waals surface area contributed by atoms with Crippen molar-refractivity contribution in [2.45, 2.75) is 51.7 Å². The zero-order valence-corrected chi connectivity index (χ0v) is 12.9. The van der Waals surface area contributed by atoms with Crippen LogP contribution in [0.3, 0.4) is 0 Å². The third kappa shape index (κ3) is 4.18. The normalized spacial score (nSPS) is 20.9. The van der Waals surface area contributed by atoms with E-state index in [-0.39, 0.29) is 0 Å². The summed E-state index contributed by atoms with van der Waals surface area (Å²) in [6.07, 6.45) is 5.53. The fourth-order valence-corrected chi connectivity index (χ4v) is 2.84. The lowest BCUT2D eigenvalue weighted by Gasteiger charge is -2.24. The molecule has 0 radical (unpaired) electrons. The summed E-state index contributed by atoms with van der Waals surface area (Å²) in [4.78, 5) is 6.82. The molecule has 4 nitrogen and oxygen atoms in total. The molecule has 1 aromatic rings. The SMILES string of the molecule is COc1ncccc1CNC1CCCN(C(C)C)CC1. The molecule has 112 valence electrons. The Morgan fingerprint density at radius 1 is 1.40 bits per heavy atom. The third-order valence-electron chi connectivity index (χ3n) is 4.12. The van der Waals surface area contributed by atoms with E-state index in [2.05, 4.69) is 35.1 Å². The lowest BCUT2D eigenvalue weighted by molar-refractivity contribution is 0.229. The highest BCUT2D eigenvalue weighted by molar-refractivity contribution is 5.25. The first kappa shape index (κ1) is 15.3. The van der Waals surface area contributed by atoms with Gasteiger partial charge in [0.25, 0.3) is 0 Å². The molecule has 1 unspecified atom stereocenters. The highest BCUT2D eigenvalue weighted by Gasteiger charge is 2.18. The molecule has 0 bridgehead atoms. The molecule has 1 fully saturated rings. The Bertz CT molecular complexity index is 408. The molecule has 0 spiro atoms. The smallest absolute Gasteiger partial charge is 0.217 e. The standard InChI is InChI=1S/C16H27N3O/c1-13(2)19-10-5-7-15(8-11-19)18-12-14-6-4-9-17-16(14)20-3/h4,6,9,13,15,18H,5,7-8,10-12H2,1-3H3. The van der Waals surface area contributed by atoms with Crippen LogP contribution in [0.4, 0.5) is 0 Å². The van der Waals surface area contributed by atoms with E-state index in [9.17, 15) is 0 Å². The predicted octanol–water partition coefficient (Wildman–Crippen LogP) is 2.44. The Morgan fingerprint density at radius 2 is 2.25 bits per heavy atom. The molecule has 1 aliphatic rings. The van der Waals surface area contributed by atoms with Gasteiger partial charge >= 0.3 is 0 Å². The fourth-order valence-electron chi connectivity index (χ4n) is 2.84. The first-order valence-corrected chi connectivity index (χ1v) is 7.66. The van der Waals surface area contributed by atoms with E-state index in [0.717, 1.165) is 18.0 Å². The lowest BCUT2D eigenvalue weighted by Crippen LogP contribution is -2.33. The predicted molar refractivity (Wildman–Crippen MR) is 82.0 cm³/mol. The molecule has 20 heavy (non-hydrogen) atoms. The number of hydrogen-bond donors (Lipinski definition) is 1. The second-order valence-corrected chi connectivity index (χ2v) is 5.81. The van der Waals surface area contributed by atoms with Crippen molar-refractivity contribution >= 4 is 0 Å². The van der Waals surface area contributed by atoms with Crippen molar-refractivity contribution in [3.63, 3.8) is 0 Å². The second-order valence-electron chi connectivity index (χ2n) is 5.81. The van der Waals surface area contributed by atoms with Gasteiger partial charge in [0.1, 0.15) is 0 Å². The van der Waals surface area contributed by atoms with Crippen molar-refractivity contribution in [2.24, 2.45) is 0 Å². The van der Waals surface area contributed by atoms with Crippen LogP contribution >= 0.6 is 0 Å². The van der Waals surface area contributed by atoms with Crippen LogP contribution in [-0.2, 0) is 6.54 Å². The van der Waals surface area contributed by atoms with Gasteiger partial charge in [-0.2, -0.15) is 0 Å². The summed E-state index contributed by atoms with van der Waals surface area (Å²) >= 11 is 0. The van der Waals surface area contributed by atoms with Crippen LogP contribution in [0.2, 0.25) is 0 Å². The Hall–Kier alpha value is -1.13. The van der Waals surface area contributed by atoms with Crippen LogP contribution in [0.25, 0.3) is 0 Å². The molecule has 1 aliphatic heterocycles. The molecule has 2 rings (SSSR count). The number of nitrogens with one attached hydrogen (secondary N) is 1. The van der Waals surface area contributed by atoms with E-state index in [1.54, 1.807) is 13.3 Å². The van der Waals surface area contributed by atoms with Gasteiger partial charge in [0.15, 0.2) is 0 Å². The van der Waals surface area contributed by atoms with Crippen molar-refractivity contribution in [3.8, 4) is 5.88 Å². The third-order valence-corrected chi connectivity index (χ3v) is 4.12. The molecule has 4 heteroatoms. The number of methoxy groups -OCH3 is 1. The minimum Gasteiger partial charge on any atom is -0.481 e. The Kier molecular flexibility index (Phi) is 5.80. The maximum atomic E-state index is 5.30. The van der Waals surface area contributed by atoms with Crippen molar-refractivity contribution in [3.05, 3.63) is 23.9 Å². The molecule has 1 saturated heterocycles. The quantitative estimate of drug-likeness (QED) is 0.897. The minimum atomic E-state index is 0.601. The number of nitrogens with zero attached hydrogens (tertiary/aromatic N) is 2. The fraction of sp³-hybridized carbons (Fsp3) is 0.688. The maximum absolute atomic E-state index is 5.30. The summed E-state index contributed by atoms with van der Waals surface area (Å²) < 4.78 is 5.30. The van der Waals surface area contributed by atoms with Gasteiger partial charge in [0.05, 0.1) is 7.11 Å². The highest BCUT2D eigenvalue weighted by atomic mass is 16.5. The van der Waals surface area contributed by atoms with E-state index in [0.29, 0.717) is 12.1 Å². The summed E-state index contributed by atoms with van der Waals surface area (Å²) in [6, 6.07) is 5.30. The van der Waals surface area contributed by atoms with Crippen LogP contribution in [0, 0.1) is 0 Å². The lowest BCUT2D eigenvalue weighted by atomic mass is 10.1. The van der Waals surface area contributed by atoms with E-state index in [4.69, 9.17) is 4.74 Å². The Labute approximate surface area is 122 Å². The second kappa shape index (κ2) is 7.60. The number of likely N-dealkylation sites (tertiary alicyclic amines) is 1. The first-order valence-electron chi connectivity index (χ1n) is 7.66. The van der Waals surface area contributed by atoms with Crippen LogP contribution in [0.5, 0.6) is 5.88 Å². The topological polar surface area (TPSA) is 37.4 Å². The van der Waals surface area contributed by atoms with E-state index in [1.807, 2.05) is 6.07 Å². The van der Waals surface area contributed by atoms with Crippen LogP contribution < -0.4 is 10.1 Å². The van der Waals surface area contributed by atoms with Gasteiger partial charge in [0, 0.05) is 30.4 Å². The molecule has 0 saturated carbocycles. The summed E-state index contributed by atoms with van der Waals surface area (Å²) in [5.41, 5.74) is 1.14. The van der Waals surface area contributed by atoms with E-state index in [1.165, 1.54) is 32.4 Å².